The number of para-hydroxylation sites is 2. The number of fused-ring (bicyclic) bond motifs is 4. The van der Waals surface area contributed by atoms with Gasteiger partial charge >= 0.3 is 132 Å². The van der Waals surface area contributed by atoms with Crippen molar-refractivity contribution in [3.63, 3.8) is 0 Å². The van der Waals surface area contributed by atoms with E-state index in [4.69, 9.17) is 19.4 Å². The molecule has 1 aliphatic rings. The largest absolute Gasteiger partial charge is 0.486 e. The minimum absolute atomic E-state index is 0. The fraction of sp³-hybridized carbons (Fsp3) is 0.326. The van der Waals surface area contributed by atoms with E-state index in [1.807, 2.05) is 48.5 Å². The van der Waals surface area contributed by atoms with Crippen LogP contribution in [0.2, 0.25) is 17.3 Å². The zero-order valence-corrected chi connectivity index (χ0v) is 34.5. The summed E-state index contributed by atoms with van der Waals surface area (Å²) in [6, 6.07) is 33.4. The van der Waals surface area contributed by atoms with E-state index in [0.29, 0.717) is 11.3 Å². The van der Waals surface area contributed by atoms with Gasteiger partial charge in [0, 0.05) is 37.1 Å². The monoisotopic (exact) mass is 901 g/mol. The molecule has 0 saturated heterocycles. The second kappa shape index (κ2) is 15.0. The van der Waals surface area contributed by atoms with Crippen LogP contribution < -0.4 is 4.40 Å². The van der Waals surface area contributed by atoms with Crippen LogP contribution in [0.3, 0.4) is 0 Å². The molecule has 7 heteroatoms. The van der Waals surface area contributed by atoms with Crippen LogP contribution in [0.4, 0.5) is 0 Å². The molecule has 1 radical (unpaired) electrons. The van der Waals surface area contributed by atoms with Crippen LogP contribution in [0.1, 0.15) is 70.1 Å². The van der Waals surface area contributed by atoms with Gasteiger partial charge in [0.15, 0.2) is 0 Å². The van der Waals surface area contributed by atoms with Crippen molar-refractivity contribution in [3.05, 3.63) is 108 Å². The molecule has 0 amide bonds. The first-order valence-electron chi connectivity index (χ1n) is 17.7. The first-order valence-corrected chi connectivity index (χ1v) is 25.0. The van der Waals surface area contributed by atoms with Gasteiger partial charge in [0.1, 0.15) is 0 Å². The average Bonchev–Trinajstić information content (AvgIpc) is 3.69. The van der Waals surface area contributed by atoms with Crippen LogP contribution in [-0.4, -0.2) is 33.2 Å². The van der Waals surface area contributed by atoms with Crippen molar-refractivity contribution in [1.29, 1.82) is 0 Å². The number of nitrogens with one attached hydrogen (secondary N) is 1. The van der Waals surface area contributed by atoms with E-state index in [1.165, 1.54) is 47.8 Å². The van der Waals surface area contributed by atoms with Crippen LogP contribution >= 0.6 is 0 Å². The minimum atomic E-state index is -1.90. The van der Waals surface area contributed by atoms with E-state index in [-0.39, 0.29) is 20.1 Å². The summed E-state index contributed by atoms with van der Waals surface area (Å²) in [5.41, 5.74) is 9.39. The van der Waals surface area contributed by atoms with E-state index in [1.54, 1.807) is 0 Å². The number of nitrogens with zero attached hydrogens (tertiary/aromatic N) is 3. The number of hydrogen-bond acceptors (Lipinski definition) is 4. The Kier molecular flexibility index (Phi) is 10.8. The molecular formula is C43H46GeIrN4O-2. The van der Waals surface area contributed by atoms with Gasteiger partial charge in [0.05, 0.1) is 22.4 Å². The molecule has 1 N–H and O–H groups in total. The molecule has 0 unspecified atom stereocenters. The van der Waals surface area contributed by atoms with E-state index in [0.717, 1.165) is 62.2 Å². The summed E-state index contributed by atoms with van der Waals surface area (Å²) >= 11 is -1.90. The molecule has 1 saturated carbocycles. The number of pyridine rings is 2. The number of rotatable bonds is 5. The number of imidazole rings is 1. The van der Waals surface area contributed by atoms with Crippen LogP contribution in [0.5, 0.6) is 0 Å². The summed E-state index contributed by atoms with van der Waals surface area (Å²) in [6.45, 7) is 6.92. The predicted octanol–water partition coefficient (Wildman–Crippen LogP) is 11.1. The first-order chi connectivity index (χ1) is 23.5. The van der Waals surface area contributed by atoms with Crippen LogP contribution in [-0.2, 0) is 26.5 Å². The predicted molar refractivity (Wildman–Crippen MR) is 206 cm³/mol. The van der Waals surface area contributed by atoms with Gasteiger partial charge in [-0.1, -0.05) is 42.3 Å². The Morgan fingerprint density at radius 1 is 0.860 bits per heavy atom. The first kappa shape index (κ1) is 36.2. The summed E-state index contributed by atoms with van der Waals surface area (Å²) < 4.78 is 7.80. The Bertz CT molecular complexity index is 2190. The number of aromatic amines is 1. The maximum Gasteiger partial charge on any atom is 0.216 e. The van der Waals surface area contributed by atoms with Crippen molar-refractivity contribution >= 4 is 50.8 Å². The Morgan fingerprint density at radius 2 is 1.64 bits per heavy atom. The van der Waals surface area contributed by atoms with Gasteiger partial charge < -0.3 is 9.40 Å². The number of aromatic nitrogens is 4. The van der Waals surface area contributed by atoms with Gasteiger partial charge in [-0.25, -0.2) is 4.98 Å². The molecule has 7 aromatic rings. The van der Waals surface area contributed by atoms with Gasteiger partial charge in [-0.15, -0.1) is 18.2 Å². The third kappa shape index (κ3) is 7.98. The van der Waals surface area contributed by atoms with Crippen LogP contribution in [0, 0.1) is 17.5 Å². The van der Waals surface area contributed by atoms with Crippen molar-refractivity contribution in [2.45, 2.75) is 82.5 Å². The number of hydrogen-bond donors (Lipinski definition) is 1. The molecule has 5 nitrogen and oxygen atoms in total. The smallest absolute Gasteiger partial charge is 0.216 e. The topological polar surface area (TPSA) is 67.6 Å². The van der Waals surface area contributed by atoms with E-state index < -0.39 is 13.3 Å². The molecule has 1 aliphatic carbocycles. The maximum atomic E-state index is 6.26. The number of H-pyrrole nitrogens is 1. The fourth-order valence-corrected chi connectivity index (χ4v) is 10.4. The molecule has 259 valence electrons. The molecule has 50 heavy (non-hydrogen) atoms. The Hall–Kier alpha value is -3.58. The van der Waals surface area contributed by atoms with Gasteiger partial charge in [0.2, 0.25) is 5.71 Å². The van der Waals surface area contributed by atoms with Crippen LogP contribution in [0.25, 0.3) is 55.7 Å². The van der Waals surface area contributed by atoms with Crippen molar-refractivity contribution in [1.82, 2.24) is 19.9 Å². The minimum Gasteiger partial charge on any atom is -0.486 e. The van der Waals surface area contributed by atoms with E-state index in [9.17, 15) is 0 Å². The third-order valence-electron chi connectivity index (χ3n) is 9.47. The molecule has 4 heterocycles. The standard InChI is InChI=1S/C24H20N3O.C19H26GeN.Ir/c1-2-7-15(8-3-1)19-14-13-17-16-9-6-10-18(22(16)28-24(17)27-19)23-25-20-11-4-5-12-21(20)26-23;1-19(2,3)13-16-12-18(15-10-8-7-9-11-15)21-14-17(16)20(4,5)6;/h4-6,9,11-15H,1-3,7-8H2,(H,25,26);7-10,12,14H,13H2,1-6H3;/q2*-1;. The normalized spacial score (nSPS) is 14.0. The molecule has 0 bridgehead atoms. The Morgan fingerprint density at radius 3 is 2.36 bits per heavy atom. The molecule has 0 aliphatic heterocycles. The number of furan rings is 1. The van der Waals surface area contributed by atoms with E-state index >= 15 is 0 Å². The SMILES string of the molecule is CC(C)(C)Cc1cc(-c2[c-]cccc2)nc[c]1[Ge]([CH3])([CH3])[CH3].[Ir].[c-]1ccc2c(oc3nc(C4CCCCC4)ccc32)c1-c1nc2ccccc2[nH]1. The summed E-state index contributed by atoms with van der Waals surface area (Å²) in [4.78, 5) is 17.7. The molecule has 8 rings (SSSR count). The zero-order valence-electron chi connectivity index (χ0n) is 30.0. The molecule has 4 aromatic heterocycles. The quantitative estimate of drug-likeness (QED) is 0.138. The Labute approximate surface area is 312 Å². The van der Waals surface area contributed by atoms with Gasteiger partial charge in [-0.05, 0) is 37.1 Å². The molecular weight excluding hydrogens is 853 g/mol. The number of benzene rings is 3. The second-order valence-electron chi connectivity index (χ2n) is 15.7. The fourth-order valence-electron chi connectivity index (χ4n) is 7.10. The maximum absolute atomic E-state index is 6.26. The van der Waals surface area contributed by atoms with Crippen molar-refractivity contribution in [3.8, 4) is 22.6 Å². The molecule has 0 atom stereocenters. The van der Waals surface area contributed by atoms with Gasteiger partial charge in [0.25, 0.3) is 0 Å². The van der Waals surface area contributed by atoms with Crippen molar-refractivity contribution in [2.75, 3.05) is 0 Å². The van der Waals surface area contributed by atoms with Crippen molar-refractivity contribution in [2.24, 2.45) is 5.41 Å². The average molecular weight is 900 g/mol. The van der Waals surface area contributed by atoms with E-state index in [2.05, 4.69) is 91.7 Å². The molecule has 3 aromatic carbocycles. The molecule has 0 spiro atoms. The summed E-state index contributed by atoms with van der Waals surface area (Å²) in [5, 5.41) is 2.12. The summed E-state index contributed by atoms with van der Waals surface area (Å²) in [6.07, 6.45) is 9.66. The van der Waals surface area contributed by atoms with Crippen LogP contribution in [0.15, 0.2) is 89.5 Å². The second-order valence-corrected chi connectivity index (χ2v) is 26.3. The molecule has 1 fully saturated rings. The van der Waals surface area contributed by atoms with Gasteiger partial charge in [-0.3, -0.25) is 4.98 Å². The van der Waals surface area contributed by atoms with Crippen molar-refractivity contribution < 1.29 is 24.5 Å². The zero-order chi connectivity index (χ0) is 34.2. The summed E-state index contributed by atoms with van der Waals surface area (Å²) in [7, 11) is 0. The third-order valence-corrected chi connectivity index (χ3v) is 13.8. The van der Waals surface area contributed by atoms with Gasteiger partial charge in [-0.2, -0.15) is 0 Å². The summed E-state index contributed by atoms with van der Waals surface area (Å²) in [5.74, 6) is 8.66. The Balaban J connectivity index is 0.000000177.